The summed E-state index contributed by atoms with van der Waals surface area (Å²) in [6, 6.07) is 19.3. The lowest BCUT2D eigenvalue weighted by Crippen LogP contribution is -2.46. The number of carboxylic acid groups (broad SMARTS) is 1. The van der Waals surface area contributed by atoms with E-state index in [1.807, 2.05) is 30.3 Å². The van der Waals surface area contributed by atoms with Crippen LogP contribution < -0.4 is 10.1 Å². The number of hydrogen-bond acceptors (Lipinski definition) is 4. The summed E-state index contributed by atoms with van der Waals surface area (Å²) in [6.45, 7) is 7.36. The zero-order valence-electron chi connectivity index (χ0n) is 22.4. The molecule has 0 saturated carbocycles. The molecule has 0 unspecified atom stereocenters. The summed E-state index contributed by atoms with van der Waals surface area (Å²) in [4.78, 5) is 24.4. The van der Waals surface area contributed by atoms with E-state index in [0.717, 1.165) is 55.1 Å². The summed E-state index contributed by atoms with van der Waals surface area (Å²) in [5, 5.41) is 11.4. The number of carbonyl (C=O) groups is 2. The van der Waals surface area contributed by atoms with Gasteiger partial charge in [-0.3, -0.25) is 4.79 Å². The summed E-state index contributed by atoms with van der Waals surface area (Å²) in [6.07, 6.45) is -2.94. The predicted octanol–water partition coefficient (Wildman–Crippen LogP) is 7.68. The maximum absolute atomic E-state index is 13.0. The molecule has 3 aromatic carbocycles. The van der Waals surface area contributed by atoms with Crippen LogP contribution in [-0.2, 0) is 10.2 Å². The van der Waals surface area contributed by atoms with E-state index in [1.165, 1.54) is 5.56 Å². The molecule has 0 atom stereocenters. The first-order valence-electron chi connectivity index (χ1n) is 13.0. The van der Waals surface area contributed by atoms with E-state index in [0.29, 0.717) is 21.7 Å². The number of benzene rings is 3. The Labute approximate surface area is 246 Å². The highest BCUT2D eigenvalue weighted by Crippen LogP contribution is 2.46. The number of alkyl halides is 3. The van der Waals surface area contributed by atoms with E-state index in [4.69, 9.17) is 37.8 Å². The zero-order valence-corrected chi connectivity index (χ0v) is 23.9. The van der Waals surface area contributed by atoms with Gasteiger partial charge in [-0.05, 0) is 87.8 Å². The number of rotatable bonds is 4. The molecule has 2 heterocycles. The van der Waals surface area contributed by atoms with Crippen molar-refractivity contribution in [3.8, 4) is 16.9 Å². The van der Waals surface area contributed by atoms with Gasteiger partial charge in [0.1, 0.15) is 5.75 Å². The zero-order chi connectivity index (χ0) is 29.9. The summed E-state index contributed by atoms with van der Waals surface area (Å²) in [7, 11) is 0. The van der Waals surface area contributed by atoms with Crippen LogP contribution in [0.5, 0.6) is 5.75 Å². The van der Waals surface area contributed by atoms with E-state index in [9.17, 15) is 18.0 Å². The van der Waals surface area contributed by atoms with Crippen LogP contribution >= 0.6 is 23.2 Å². The van der Waals surface area contributed by atoms with Gasteiger partial charge >= 0.3 is 12.1 Å². The van der Waals surface area contributed by atoms with Crippen molar-refractivity contribution in [2.75, 3.05) is 25.0 Å². The summed E-state index contributed by atoms with van der Waals surface area (Å²) >= 11 is 12.7. The first kappa shape index (κ1) is 30.7. The number of aliphatic carboxylic acids is 1. The van der Waals surface area contributed by atoms with Gasteiger partial charge in [0.15, 0.2) is 0 Å². The van der Waals surface area contributed by atoms with Gasteiger partial charge in [0.2, 0.25) is 0 Å². The SMILES string of the molecule is CC(C)N1CCC2(CC1)COc1ccc(NC(=O)c3ccc(-c4c(Cl)cccc4Cl)cc3)cc12.O=C(O)C(F)(F)F. The predicted molar refractivity (Wildman–Crippen MR) is 153 cm³/mol. The maximum Gasteiger partial charge on any atom is 0.490 e. The molecule has 0 bridgehead atoms. The molecule has 11 heteroatoms. The third kappa shape index (κ3) is 6.97. The van der Waals surface area contributed by atoms with Crippen molar-refractivity contribution in [2.45, 2.75) is 44.3 Å². The molecule has 0 aliphatic carbocycles. The van der Waals surface area contributed by atoms with Crippen LogP contribution in [0, 0.1) is 0 Å². The van der Waals surface area contributed by atoms with E-state index in [-0.39, 0.29) is 11.3 Å². The third-order valence-corrected chi connectivity index (χ3v) is 8.07. The molecule has 0 aromatic heterocycles. The van der Waals surface area contributed by atoms with Gasteiger partial charge in [-0.25, -0.2) is 4.79 Å². The van der Waals surface area contributed by atoms with Crippen molar-refractivity contribution in [3.63, 3.8) is 0 Å². The minimum absolute atomic E-state index is 0.0390. The van der Waals surface area contributed by atoms with Gasteiger partial charge in [0, 0.05) is 43.9 Å². The molecule has 6 nitrogen and oxygen atoms in total. The number of fused-ring (bicyclic) bond motifs is 2. The number of hydrogen-bond donors (Lipinski definition) is 2. The Kier molecular flexibility index (Phi) is 9.21. The number of piperidine rings is 1. The number of amides is 1. The van der Waals surface area contributed by atoms with Crippen LogP contribution in [0.1, 0.15) is 42.6 Å². The van der Waals surface area contributed by atoms with Crippen LogP contribution in [0.15, 0.2) is 60.7 Å². The molecule has 41 heavy (non-hydrogen) atoms. The summed E-state index contributed by atoms with van der Waals surface area (Å²) < 4.78 is 37.8. The number of carbonyl (C=O) groups excluding carboxylic acids is 1. The quantitative estimate of drug-likeness (QED) is 0.317. The van der Waals surface area contributed by atoms with Crippen molar-refractivity contribution < 1.29 is 32.6 Å². The minimum Gasteiger partial charge on any atom is -0.492 e. The molecular formula is C30H29Cl2F3N2O4. The normalized spacial score (nSPS) is 16.0. The summed E-state index contributed by atoms with van der Waals surface area (Å²) in [5.41, 5.74) is 4.26. The lowest BCUT2D eigenvalue weighted by molar-refractivity contribution is -0.192. The number of carboxylic acids is 1. The number of likely N-dealkylation sites (tertiary alicyclic amines) is 1. The molecule has 2 aliphatic heterocycles. The van der Waals surface area contributed by atoms with E-state index >= 15 is 0 Å². The Morgan fingerprint density at radius 2 is 1.59 bits per heavy atom. The molecule has 218 valence electrons. The lowest BCUT2D eigenvalue weighted by atomic mass is 9.74. The fourth-order valence-electron chi connectivity index (χ4n) is 5.09. The van der Waals surface area contributed by atoms with Crippen molar-refractivity contribution in [1.29, 1.82) is 0 Å². The standard InChI is InChI=1S/C28H28Cl2N2O2.C2HF3O2/c1-18(2)32-14-12-28(13-15-32)17-34-25-11-10-21(16-22(25)28)31-27(33)20-8-6-19(7-9-20)26-23(29)4-3-5-24(26)30;3-2(4,5)1(6)7/h3-11,16,18H,12-15,17H2,1-2H3,(H,31,33);(H,6,7). The van der Waals surface area contributed by atoms with E-state index < -0.39 is 12.1 Å². The van der Waals surface area contributed by atoms with Gasteiger partial charge in [-0.2, -0.15) is 13.2 Å². The van der Waals surface area contributed by atoms with Crippen LogP contribution in [0.3, 0.4) is 0 Å². The van der Waals surface area contributed by atoms with Gasteiger partial charge in [-0.15, -0.1) is 0 Å². The second kappa shape index (κ2) is 12.3. The molecule has 5 rings (SSSR count). The van der Waals surface area contributed by atoms with Crippen molar-refractivity contribution in [3.05, 3.63) is 81.8 Å². The third-order valence-electron chi connectivity index (χ3n) is 7.44. The average molecular weight is 609 g/mol. The van der Waals surface area contributed by atoms with E-state index in [2.05, 4.69) is 30.1 Å². The highest BCUT2D eigenvalue weighted by Gasteiger charge is 2.43. The number of halogens is 5. The Morgan fingerprint density at radius 3 is 2.12 bits per heavy atom. The molecule has 1 amide bonds. The maximum atomic E-state index is 13.0. The monoisotopic (exact) mass is 608 g/mol. The van der Waals surface area contributed by atoms with Gasteiger partial charge in [0.05, 0.1) is 6.61 Å². The molecule has 1 fully saturated rings. The number of anilines is 1. The Balaban J connectivity index is 0.000000493. The molecule has 2 aliphatic rings. The fourth-order valence-corrected chi connectivity index (χ4v) is 5.70. The smallest absolute Gasteiger partial charge is 0.490 e. The van der Waals surface area contributed by atoms with Crippen LogP contribution in [-0.4, -0.2) is 53.8 Å². The highest BCUT2D eigenvalue weighted by molar-refractivity contribution is 6.39. The average Bonchev–Trinajstić information content (AvgIpc) is 3.26. The Bertz CT molecular complexity index is 1400. The van der Waals surface area contributed by atoms with Gasteiger partial charge < -0.3 is 20.1 Å². The second-order valence-electron chi connectivity index (χ2n) is 10.3. The minimum atomic E-state index is -5.08. The number of nitrogens with one attached hydrogen (secondary N) is 1. The largest absolute Gasteiger partial charge is 0.492 e. The van der Waals surface area contributed by atoms with Gasteiger partial charge in [-0.1, -0.05) is 41.4 Å². The number of ether oxygens (including phenoxy) is 1. The lowest BCUT2D eigenvalue weighted by Gasteiger charge is -2.40. The molecule has 2 N–H and O–H groups in total. The second-order valence-corrected chi connectivity index (χ2v) is 11.2. The van der Waals surface area contributed by atoms with E-state index in [1.54, 1.807) is 24.3 Å². The molecule has 0 radical (unpaired) electrons. The van der Waals surface area contributed by atoms with Crippen molar-refractivity contribution in [1.82, 2.24) is 4.90 Å². The fraction of sp³-hybridized carbons (Fsp3) is 0.333. The molecule has 1 saturated heterocycles. The van der Waals surface area contributed by atoms with Crippen LogP contribution in [0.2, 0.25) is 10.0 Å². The van der Waals surface area contributed by atoms with Crippen LogP contribution in [0.4, 0.5) is 18.9 Å². The Morgan fingerprint density at radius 1 is 1.00 bits per heavy atom. The van der Waals surface area contributed by atoms with Crippen molar-refractivity contribution >= 4 is 40.8 Å². The first-order valence-corrected chi connectivity index (χ1v) is 13.7. The first-order chi connectivity index (χ1) is 19.3. The Hall–Kier alpha value is -3.27. The highest BCUT2D eigenvalue weighted by atomic mass is 35.5. The topological polar surface area (TPSA) is 78.9 Å². The van der Waals surface area contributed by atoms with Crippen LogP contribution in [0.25, 0.3) is 11.1 Å². The molecular weight excluding hydrogens is 580 g/mol. The summed E-state index contributed by atoms with van der Waals surface area (Å²) in [5.74, 6) is -1.97. The molecule has 1 spiro atoms. The number of nitrogens with zero attached hydrogens (tertiary/aromatic N) is 1. The molecule has 3 aromatic rings. The van der Waals surface area contributed by atoms with Crippen molar-refractivity contribution in [2.24, 2.45) is 0 Å². The van der Waals surface area contributed by atoms with Gasteiger partial charge in [0.25, 0.3) is 5.91 Å².